The molecule has 1 fully saturated rings. The maximum Gasteiger partial charge on any atom is 0.222 e. The molecule has 0 atom stereocenters. The SMILES string of the molecule is Cc1ccnc(NCCc2csc(N3CCCC3)n2)n1. The first kappa shape index (κ1) is 13.3. The van der Waals surface area contributed by atoms with Crippen molar-refractivity contribution in [3.8, 4) is 0 Å². The van der Waals surface area contributed by atoms with Crippen molar-refractivity contribution in [3.63, 3.8) is 0 Å². The monoisotopic (exact) mass is 289 g/mol. The summed E-state index contributed by atoms with van der Waals surface area (Å²) in [7, 11) is 0. The summed E-state index contributed by atoms with van der Waals surface area (Å²) in [6.07, 6.45) is 5.27. The van der Waals surface area contributed by atoms with Crippen LogP contribution in [-0.4, -0.2) is 34.6 Å². The zero-order valence-corrected chi connectivity index (χ0v) is 12.5. The molecule has 0 bridgehead atoms. The van der Waals surface area contributed by atoms with Gasteiger partial charge in [-0.25, -0.2) is 15.0 Å². The van der Waals surface area contributed by atoms with Gasteiger partial charge >= 0.3 is 0 Å². The molecule has 2 aromatic heterocycles. The Morgan fingerprint density at radius 2 is 2.15 bits per heavy atom. The minimum Gasteiger partial charge on any atom is -0.354 e. The van der Waals surface area contributed by atoms with Crippen LogP contribution >= 0.6 is 11.3 Å². The van der Waals surface area contributed by atoms with Crippen LogP contribution in [0.25, 0.3) is 0 Å². The molecule has 3 heterocycles. The van der Waals surface area contributed by atoms with Crippen molar-refractivity contribution in [2.24, 2.45) is 0 Å². The number of nitrogens with one attached hydrogen (secondary N) is 1. The average molecular weight is 289 g/mol. The molecule has 0 saturated carbocycles. The maximum absolute atomic E-state index is 4.70. The van der Waals surface area contributed by atoms with Gasteiger partial charge in [0.25, 0.3) is 0 Å². The number of nitrogens with zero attached hydrogens (tertiary/aromatic N) is 4. The van der Waals surface area contributed by atoms with Crippen LogP contribution in [-0.2, 0) is 6.42 Å². The van der Waals surface area contributed by atoms with Gasteiger partial charge in [0.1, 0.15) is 0 Å². The van der Waals surface area contributed by atoms with Crippen LogP contribution in [0.4, 0.5) is 11.1 Å². The standard InChI is InChI=1S/C14H19N5S/c1-11-4-6-15-13(17-11)16-7-5-12-10-20-14(18-12)19-8-2-3-9-19/h4,6,10H,2-3,5,7-9H2,1H3,(H,15,16,17). The van der Waals surface area contributed by atoms with Crippen LogP contribution in [0.1, 0.15) is 24.2 Å². The van der Waals surface area contributed by atoms with Crippen molar-refractivity contribution in [2.45, 2.75) is 26.2 Å². The van der Waals surface area contributed by atoms with E-state index in [4.69, 9.17) is 4.98 Å². The average Bonchev–Trinajstić information content (AvgIpc) is 3.09. The van der Waals surface area contributed by atoms with Gasteiger partial charge in [-0.1, -0.05) is 0 Å². The molecule has 0 unspecified atom stereocenters. The van der Waals surface area contributed by atoms with Gasteiger partial charge in [0.15, 0.2) is 5.13 Å². The fourth-order valence-corrected chi connectivity index (χ4v) is 3.21. The second kappa shape index (κ2) is 6.17. The molecule has 106 valence electrons. The summed E-state index contributed by atoms with van der Waals surface area (Å²) < 4.78 is 0. The molecule has 1 aliphatic heterocycles. The second-order valence-electron chi connectivity index (χ2n) is 5.01. The summed E-state index contributed by atoms with van der Waals surface area (Å²) in [6.45, 7) is 5.09. The predicted molar refractivity (Wildman–Crippen MR) is 82.5 cm³/mol. The highest BCUT2D eigenvalue weighted by Gasteiger charge is 2.15. The maximum atomic E-state index is 4.70. The zero-order valence-electron chi connectivity index (χ0n) is 11.7. The molecular formula is C14H19N5S. The minimum absolute atomic E-state index is 0.694. The highest BCUT2D eigenvalue weighted by molar-refractivity contribution is 7.13. The zero-order chi connectivity index (χ0) is 13.8. The summed E-state index contributed by atoms with van der Waals surface area (Å²) in [6, 6.07) is 1.90. The molecule has 1 N–H and O–H groups in total. The van der Waals surface area contributed by atoms with Crippen molar-refractivity contribution < 1.29 is 0 Å². The van der Waals surface area contributed by atoms with Gasteiger partial charge < -0.3 is 10.2 Å². The Labute approximate surface area is 123 Å². The number of aromatic nitrogens is 3. The van der Waals surface area contributed by atoms with Crippen LogP contribution in [0.3, 0.4) is 0 Å². The van der Waals surface area contributed by atoms with E-state index in [2.05, 4.69) is 25.6 Å². The molecule has 20 heavy (non-hydrogen) atoms. The molecule has 2 aromatic rings. The third-order valence-electron chi connectivity index (χ3n) is 3.38. The van der Waals surface area contributed by atoms with Crippen molar-refractivity contribution in [2.75, 3.05) is 29.9 Å². The van der Waals surface area contributed by atoms with Crippen molar-refractivity contribution >= 4 is 22.4 Å². The first-order valence-electron chi connectivity index (χ1n) is 7.04. The lowest BCUT2D eigenvalue weighted by atomic mass is 10.3. The van der Waals surface area contributed by atoms with Crippen molar-refractivity contribution in [1.29, 1.82) is 0 Å². The van der Waals surface area contributed by atoms with Crippen LogP contribution < -0.4 is 10.2 Å². The van der Waals surface area contributed by atoms with E-state index in [9.17, 15) is 0 Å². The van der Waals surface area contributed by atoms with Crippen molar-refractivity contribution in [1.82, 2.24) is 15.0 Å². The summed E-state index contributed by atoms with van der Waals surface area (Å²) in [4.78, 5) is 15.6. The number of thiazole rings is 1. The normalized spacial score (nSPS) is 14.8. The quantitative estimate of drug-likeness (QED) is 0.916. The van der Waals surface area contributed by atoms with Gasteiger partial charge in [-0.05, 0) is 25.8 Å². The first-order valence-corrected chi connectivity index (χ1v) is 7.92. The van der Waals surface area contributed by atoms with Gasteiger partial charge in [-0.3, -0.25) is 0 Å². The largest absolute Gasteiger partial charge is 0.354 e. The fourth-order valence-electron chi connectivity index (χ4n) is 2.30. The van der Waals surface area contributed by atoms with Crippen molar-refractivity contribution in [3.05, 3.63) is 29.0 Å². The molecule has 1 saturated heterocycles. The lowest BCUT2D eigenvalue weighted by molar-refractivity contribution is 0.917. The molecular weight excluding hydrogens is 270 g/mol. The molecule has 6 heteroatoms. The fraction of sp³-hybridized carbons (Fsp3) is 0.500. The molecule has 3 rings (SSSR count). The van der Waals surface area contributed by atoms with E-state index in [1.54, 1.807) is 17.5 Å². The number of rotatable bonds is 5. The number of anilines is 2. The van der Waals surface area contributed by atoms with Gasteiger partial charge in [0, 0.05) is 43.3 Å². The summed E-state index contributed by atoms with van der Waals surface area (Å²) in [5.74, 6) is 0.694. The Morgan fingerprint density at radius 1 is 1.30 bits per heavy atom. The molecule has 0 aromatic carbocycles. The van der Waals surface area contributed by atoms with Crippen LogP contribution in [0.5, 0.6) is 0 Å². The van der Waals surface area contributed by atoms with Gasteiger partial charge in [0.05, 0.1) is 5.69 Å². The molecule has 0 radical (unpaired) electrons. The Balaban J connectivity index is 1.51. The summed E-state index contributed by atoms with van der Waals surface area (Å²) in [5.41, 5.74) is 2.13. The van der Waals surface area contributed by atoms with Gasteiger partial charge in [-0.2, -0.15) is 0 Å². The van der Waals surface area contributed by atoms with E-state index >= 15 is 0 Å². The number of aryl methyl sites for hydroxylation is 1. The van der Waals surface area contributed by atoms with E-state index in [1.807, 2.05) is 13.0 Å². The Morgan fingerprint density at radius 3 is 2.95 bits per heavy atom. The molecule has 1 aliphatic rings. The molecule has 5 nitrogen and oxygen atoms in total. The lowest BCUT2D eigenvalue weighted by Gasteiger charge is -2.12. The van der Waals surface area contributed by atoms with Gasteiger partial charge in [-0.15, -0.1) is 11.3 Å². The lowest BCUT2D eigenvalue weighted by Crippen LogP contribution is -2.17. The van der Waals surface area contributed by atoms with E-state index in [1.165, 1.54) is 18.0 Å². The predicted octanol–water partition coefficient (Wildman–Crippen LogP) is 2.50. The van der Waals surface area contributed by atoms with Crippen LogP contribution in [0, 0.1) is 6.92 Å². The highest BCUT2D eigenvalue weighted by Crippen LogP contribution is 2.24. The Bertz CT molecular complexity index is 562. The van der Waals surface area contributed by atoms with E-state index in [0.717, 1.165) is 37.4 Å². The Kier molecular flexibility index (Phi) is 4.11. The smallest absolute Gasteiger partial charge is 0.222 e. The molecule has 0 aliphatic carbocycles. The van der Waals surface area contributed by atoms with E-state index < -0.39 is 0 Å². The van der Waals surface area contributed by atoms with Crippen LogP contribution in [0.2, 0.25) is 0 Å². The second-order valence-corrected chi connectivity index (χ2v) is 5.85. The Hall–Kier alpha value is -1.69. The van der Waals surface area contributed by atoms with E-state index in [-0.39, 0.29) is 0 Å². The molecule has 0 amide bonds. The molecule has 0 spiro atoms. The number of hydrogen-bond acceptors (Lipinski definition) is 6. The summed E-state index contributed by atoms with van der Waals surface area (Å²) in [5, 5.41) is 6.57. The third-order valence-corrected chi connectivity index (χ3v) is 4.33. The highest BCUT2D eigenvalue weighted by atomic mass is 32.1. The number of hydrogen-bond donors (Lipinski definition) is 1. The topological polar surface area (TPSA) is 53.9 Å². The first-order chi connectivity index (χ1) is 9.81. The van der Waals surface area contributed by atoms with Crippen LogP contribution in [0.15, 0.2) is 17.6 Å². The minimum atomic E-state index is 0.694. The summed E-state index contributed by atoms with van der Waals surface area (Å²) >= 11 is 1.75. The third kappa shape index (κ3) is 3.25. The van der Waals surface area contributed by atoms with E-state index in [0.29, 0.717) is 5.95 Å². The van der Waals surface area contributed by atoms with Gasteiger partial charge in [0.2, 0.25) is 5.95 Å².